The highest BCUT2D eigenvalue weighted by Gasteiger charge is 2.10. The zero-order valence-corrected chi connectivity index (χ0v) is 9.31. The molecule has 16 heavy (non-hydrogen) atoms. The van der Waals surface area contributed by atoms with Gasteiger partial charge in [0.25, 0.3) is 0 Å². The summed E-state index contributed by atoms with van der Waals surface area (Å²) in [5.74, 6) is 0.710. The smallest absolute Gasteiger partial charge is 0.194 e. The van der Waals surface area contributed by atoms with E-state index in [0.29, 0.717) is 16.9 Å². The van der Waals surface area contributed by atoms with E-state index >= 15 is 0 Å². The molecule has 2 aromatic rings. The molecule has 0 aliphatic rings. The van der Waals surface area contributed by atoms with Crippen molar-refractivity contribution in [2.75, 3.05) is 7.11 Å². The van der Waals surface area contributed by atoms with Crippen molar-refractivity contribution in [2.45, 2.75) is 0 Å². The van der Waals surface area contributed by atoms with Crippen LogP contribution in [-0.2, 0) is 7.05 Å². The highest BCUT2D eigenvalue weighted by molar-refractivity contribution is 6.09. The second-order valence-corrected chi connectivity index (χ2v) is 3.63. The van der Waals surface area contributed by atoms with Gasteiger partial charge in [0.15, 0.2) is 5.78 Å². The molecule has 1 aromatic carbocycles. The molecule has 1 aromatic heterocycles. The fourth-order valence-electron chi connectivity index (χ4n) is 1.57. The molecule has 0 radical (unpaired) electrons. The van der Waals surface area contributed by atoms with Crippen LogP contribution in [0.25, 0.3) is 0 Å². The standard InChI is InChI=1S/C13H13NO2/c1-14-7-6-11(9-14)13(15)10-4-3-5-12(8-10)16-2/h3-9H,1-2H3. The van der Waals surface area contributed by atoms with E-state index in [1.54, 1.807) is 19.2 Å². The largest absolute Gasteiger partial charge is 0.497 e. The Balaban J connectivity index is 2.33. The summed E-state index contributed by atoms with van der Waals surface area (Å²) >= 11 is 0. The van der Waals surface area contributed by atoms with Crippen LogP contribution >= 0.6 is 0 Å². The molecule has 0 aliphatic heterocycles. The number of carbonyl (C=O) groups excluding carboxylic acids is 1. The van der Waals surface area contributed by atoms with Crippen molar-refractivity contribution < 1.29 is 9.53 Å². The number of rotatable bonds is 3. The van der Waals surface area contributed by atoms with E-state index in [4.69, 9.17) is 4.74 Å². The van der Waals surface area contributed by atoms with Crippen molar-refractivity contribution >= 4 is 5.78 Å². The first-order chi connectivity index (χ1) is 7.70. The first kappa shape index (κ1) is 10.5. The van der Waals surface area contributed by atoms with Gasteiger partial charge >= 0.3 is 0 Å². The molecule has 0 bridgehead atoms. The van der Waals surface area contributed by atoms with Gasteiger partial charge in [-0.3, -0.25) is 4.79 Å². The molecule has 3 nitrogen and oxygen atoms in total. The number of ketones is 1. The Hall–Kier alpha value is -2.03. The minimum absolute atomic E-state index is 0.0134. The molecule has 0 N–H and O–H groups in total. The molecule has 0 aliphatic carbocycles. The van der Waals surface area contributed by atoms with Crippen LogP contribution in [0, 0.1) is 0 Å². The maximum Gasteiger partial charge on any atom is 0.194 e. The minimum atomic E-state index is 0.0134. The highest BCUT2D eigenvalue weighted by atomic mass is 16.5. The van der Waals surface area contributed by atoms with Crippen molar-refractivity contribution in [2.24, 2.45) is 7.05 Å². The van der Waals surface area contributed by atoms with E-state index in [9.17, 15) is 4.79 Å². The van der Waals surface area contributed by atoms with Gasteiger partial charge in [0, 0.05) is 30.6 Å². The van der Waals surface area contributed by atoms with Gasteiger partial charge in [-0.25, -0.2) is 0 Å². The van der Waals surface area contributed by atoms with Gasteiger partial charge < -0.3 is 9.30 Å². The highest BCUT2D eigenvalue weighted by Crippen LogP contribution is 2.16. The molecule has 0 fully saturated rings. The second-order valence-electron chi connectivity index (χ2n) is 3.63. The normalized spacial score (nSPS) is 10.1. The number of hydrogen-bond acceptors (Lipinski definition) is 2. The Labute approximate surface area is 94.3 Å². The van der Waals surface area contributed by atoms with Gasteiger partial charge in [-0.05, 0) is 18.2 Å². The summed E-state index contributed by atoms with van der Waals surface area (Å²) in [7, 11) is 3.48. The molecule has 0 spiro atoms. The average molecular weight is 215 g/mol. The van der Waals surface area contributed by atoms with Crippen LogP contribution in [0.3, 0.4) is 0 Å². The van der Waals surface area contributed by atoms with E-state index in [0.717, 1.165) is 0 Å². The predicted octanol–water partition coefficient (Wildman–Crippen LogP) is 2.26. The third-order valence-corrected chi connectivity index (χ3v) is 2.43. The van der Waals surface area contributed by atoms with Crippen molar-refractivity contribution in [3.63, 3.8) is 0 Å². The quantitative estimate of drug-likeness (QED) is 0.735. The molecule has 0 amide bonds. The maximum absolute atomic E-state index is 12.1. The van der Waals surface area contributed by atoms with Crippen LogP contribution in [0.1, 0.15) is 15.9 Å². The Morgan fingerprint density at radius 3 is 2.69 bits per heavy atom. The second kappa shape index (κ2) is 4.23. The fraction of sp³-hybridized carbons (Fsp3) is 0.154. The zero-order chi connectivity index (χ0) is 11.5. The number of aryl methyl sites for hydroxylation is 1. The van der Waals surface area contributed by atoms with E-state index in [-0.39, 0.29) is 5.78 Å². The molecule has 0 atom stereocenters. The molecule has 3 heteroatoms. The lowest BCUT2D eigenvalue weighted by Gasteiger charge is -2.02. The van der Waals surface area contributed by atoms with Crippen LogP contribution in [0.2, 0.25) is 0 Å². The van der Waals surface area contributed by atoms with Crippen LogP contribution in [0.4, 0.5) is 0 Å². The van der Waals surface area contributed by atoms with Crippen molar-refractivity contribution in [3.05, 3.63) is 53.9 Å². The van der Waals surface area contributed by atoms with Gasteiger partial charge in [-0.15, -0.1) is 0 Å². The van der Waals surface area contributed by atoms with Gasteiger partial charge in [0.1, 0.15) is 5.75 Å². The summed E-state index contributed by atoms with van der Waals surface area (Å²) in [6, 6.07) is 8.98. The van der Waals surface area contributed by atoms with E-state index < -0.39 is 0 Å². The SMILES string of the molecule is COc1cccc(C(=O)c2ccn(C)c2)c1. The summed E-state index contributed by atoms with van der Waals surface area (Å²) in [6.07, 6.45) is 3.66. The summed E-state index contributed by atoms with van der Waals surface area (Å²) in [6.45, 7) is 0. The summed E-state index contributed by atoms with van der Waals surface area (Å²) < 4.78 is 6.94. The Kier molecular flexibility index (Phi) is 2.77. The first-order valence-corrected chi connectivity index (χ1v) is 5.01. The van der Waals surface area contributed by atoms with Gasteiger partial charge in [0.2, 0.25) is 0 Å². The molecule has 82 valence electrons. The average Bonchev–Trinajstić information content (AvgIpc) is 2.75. The number of methoxy groups -OCH3 is 1. The predicted molar refractivity (Wildman–Crippen MR) is 61.8 cm³/mol. The molecular weight excluding hydrogens is 202 g/mol. The van der Waals surface area contributed by atoms with Crippen molar-refractivity contribution in [1.29, 1.82) is 0 Å². The maximum atomic E-state index is 12.1. The lowest BCUT2D eigenvalue weighted by Crippen LogP contribution is -2.00. The van der Waals surface area contributed by atoms with Gasteiger partial charge in [-0.2, -0.15) is 0 Å². The first-order valence-electron chi connectivity index (χ1n) is 5.01. The third-order valence-electron chi connectivity index (χ3n) is 2.43. The van der Waals surface area contributed by atoms with E-state index in [1.807, 2.05) is 42.2 Å². The van der Waals surface area contributed by atoms with Crippen LogP contribution in [0.15, 0.2) is 42.7 Å². The number of aromatic nitrogens is 1. The van der Waals surface area contributed by atoms with Crippen LogP contribution in [0.5, 0.6) is 5.75 Å². The molecule has 0 saturated heterocycles. The lowest BCUT2D eigenvalue weighted by molar-refractivity contribution is 0.103. The Morgan fingerprint density at radius 2 is 2.06 bits per heavy atom. The summed E-state index contributed by atoms with van der Waals surface area (Å²) in [4.78, 5) is 12.1. The summed E-state index contributed by atoms with van der Waals surface area (Å²) in [5, 5.41) is 0. The molecule has 0 unspecified atom stereocenters. The number of benzene rings is 1. The molecular formula is C13H13NO2. The zero-order valence-electron chi connectivity index (χ0n) is 9.31. The third kappa shape index (κ3) is 1.98. The van der Waals surface area contributed by atoms with Crippen molar-refractivity contribution in [1.82, 2.24) is 4.57 Å². The van der Waals surface area contributed by atoms with E-state index in [1.165, 1.54) is 0 Å². The van der Waals surface area contributed by atoms with Gasteiger partial charge in [-0.1, -0.05) is 12.1 Å². The minimum Gasteiger partial charge on any atom is -0.497 e. The topological polar surface area (TPSA) is 31.2 Å². The Bertz CT molecular complexity index is 514. The van der Waals surface area contributed by atoms with Crippen LogP contribution < -0.4 is 4.74 Å². The fourth-order valence-corrected chi connectivity index (χ4v) is 1.57. The summed E-state index contributed by atoms with van der Waals surface area (Å²) in [5.41, 5.74) is 1.33. The number of carbonyl (C=O) groups is 1. The number of nitrogens with zero attached hydrogens (tertiary/aromatic N) is 1. The number of hydrogen-bond donors (Lipinski definition) is 0. The molecule has 0 saturated carbocycles. The lowest BCUT2D eigenvalue weighted by atomic mass is 10.1. The Morgan fingerprint density at radius 1 is 1.25 bits per heavy atom. The molecule has 1 heterocycles. The monoisotopic (exact) mass is 215 g/mol. The van der Waals surface area contributed by atoms with Gasteiger partial charge in [0.05, 0.1) is 7.11 Å². The number of ether oxygens (including phenoxy) is 1. The van der Waals surface area contributed by atoms with E-state index in [2.05, 4.69) is 0 Å². The van der Waals surface area contributed by atoms with Crippen molar-refractivity contribution in [3.8, 4) is 5.75 Å². The molecule has 2 rings (SSSR count). The van der Waals surface area contributed by atoms with Crippen LogP contribution in [-0.4, -0.2) is 17.5 Å².